The Kier molecular flexibility index (Phi) is 5.23. The third kappa shape index (κ3) is 3.91. The van der Waals surface area contributed by atoms with E-state index in [0.29, 0.717) is 11.5 Å². The molecular formula is C17H20N2O4S. The van der Waals surface area contributed by atoms with Gasteiger partial charge in [-0.2, -0.15) is 0 Å². The first-order valence-electron chi connectivity index (χ1n) is 7.62. The fourth-order valence-corrected chi connectivity index (χ4v) is 3.34. The van der Waals surface area contributed by atoms with Gasteiger partial charge in [-0.15, -0.1) is 0 Å². The Morgan fingerprint density at radius 2 is 1.79 bits per heavy atom. The van der Waals surface area contributed by atoms with Crippen molar-refractivity contribution >= 4 is 21.4 Å². The molecule has 0 heterocycles. The van der Waals surface area contributed by atoms with Gasteiger partial charge in [0, 0.05) is 11.6 Å². The second kappa shape index (κ2) is 7.00. The second-order valence-corrected chi connectivity index (χ2v) is 7.42. The molecule has 7 heteroatoms. The minimum absolute atomic E-state index is 0.123. The molecule has 24 heavy (non-hydrogen) atoms. The highest BCUT2D eigenvalue weighted by atomic mass is 32.2. The van der Waals surface area contributed by atoms with E-state index in [-0.39, 0.29) is 16.3 Å². The maximum absolute atomic E-state index is 12.4. The van der Waals surface area contributed by atoms with Gasteiger partial charge < -0.3 is 0 Å². The zero-order valence-electron chi connectivity index (χ0n) is 13.8. The topological polar surface area (TPSA) is 89.3 Å². The van der Waals surface area contributed by atoms with Crippen LogP contribution in [0, 0.1) is 17.0 Å². The number of nitro groups is 1. The molecule has 0 spiro atoms. The number of hydrogen-bond acceptors (Lipinski definition) is 4. The van der Waals surface area contributed by atoms with Crippen LogP contribution in [0.15, 0.2) is 47.4 Å². The fraction of sp³-hybridized carbons (Fsp3) is 0.294. The van der Waals surface area contributed by atoms with Crippen LogP contribution in [0.2, 0.25) is 0 Å². The molecule has 0 bridgehead atoms. The highest BCUT2D eigenvalue weighted by molar-refractivity contribution is 7.92. The van der Waals surface area contributed by atoms with Crippen LogP contribution >= 0.6 is 0 Å². The number of aryl methyl sites for hydroxylation is 1. The summed E-state index contributed by atoms with van der Waals surface area (Å²) in [4.78, 5) is 10.6. The first kappa shape index (κ1) is 17.9. The van der Waals surface area contributed by atoms with E-state index < -0.39 is 14.9 Å². The van der Waals surface area contributed by atoms with Gasteiger partial charge >= 0.3 is 0 Å². The minimum atomic E-state index is -3.79. The normalized spacial score (nSPS) is 12.6. The number of nitrogens with zero attached hydrogens (tertiary/aromatic N) is 1. The molecule has 1 N–H and O–H groups in total. The number of hydrogen-bond donors (Lipinski definition) is 1. The lowest BCUT2D eigenvalue weighted by Crippen LogP contribution is -2.13. The molecule has 0 aliphatic carbocycles. The highest BCUT2D eigenvalue weighted by Crippen LogP contribution is 2.25. The van der Waals surface area contributed by atoms with Crippen LogP contribution in [0.1, 0.15) is 37.3 Å². The van der Waals surface area contributed by atoms with Crippen LogP contribution in [-0.4, -0.2) is 13.3 Å². The highest BCUT2D eigenvalue weighted by Gasteiger charge is 2.17. The van der Waals surface area contributed by atoms with E-state index in [1.54, 1.807) is 31.2 Å². The number of nitro benzene ring substituents is 1. The van der Waals surface area contributed by atoms with Gasteiger partial charge in [0.1, 0.15) is 0 Å². The molecule has 2 rings (SSSR count). The van der Waals surface area contributed by atoms with Crippen LogP contribution in [-0.2, 0) is 10.0 Å². The van der Waals surface area contributed by atoms with E-state index >= 15 is 0 Å². The van der Waals surface area contributed by atoms with Gasteiger partial charge in [-0.25, -0.2) is 8.42 Å². The van der Waals surface area contributed by atoms with Crippen molar-refractivity contribution in [3.05, 3.63) is 63.7 Å². The fourth-order valence-electron chi connectivity index (χ4n) is 2.29. The molecule has 0 aliphatic rings. The Labute approximate surface area is 141 Å². The molecule has 128 valence electrons. The molecule has 1 unspecified atom stereocenters. The van der Waals surface area contributed by atoms with Crippen LogP contribution in [0.3, 0.4) is 0 Å². The molecular weight excluding hydrogens is 328 g/mol. The first-order valence-corrected chi connectivity index (χ1v) is 9.10. The van der Waals surface area contributed by atoms with Gasteiger partial charge in [-0.3, -0.25) is 14.8 Å². The van der Waals surface area contributed by atoms with Crippen molar-refractivity contribution in [2.45, 2.75) is 38.0 Å². The van der Waals surface area contributed by atoms with Crippen molar-refractivity contribution in [3.8, 4) is 0 Å². The maximum Gasteiger partial charge on any atom is 0.274 e. The Bertz CT molecular complexity index is 845. The van der Waals surface area contributed by atoms with Crippen molar-refractivity contribution in [1.82, 2.24) is 0 Å². The van der Waals surface area contributed by atoms with E-state index in [4.69, 9.17) is 0 Å². The van der Waals surface area contributed by atoms with Crippen molar-refractivity contribution in [2.75, 3.05) is 4.72 Å². The lowest BCUT2D eigenvalue weighted by molar-refractivity contribution is -0.385. The summed E-state index contributed by atoms with van der Waals surface area (Å²) in [5.74, 6) is 0.356. The molecule has 0 fully saturated rings. The van der Waals surface area contributed by atoms with Gasteiger partial charge in [0.2, 0.25) is 0 Å². The average molecular weight is 348 g/mol. The summed E-state index contributed by atoms with van der Waals surface area (Å²) in [5.41, 5.74) is 1.59. The molecule has 2 aromatic carbocycles. The van der Waals surface area contributed by atoms with Gasteiger partial charge in [0.25, 0.3) is 15.7 Å². The minimum Gasteiger partial charge on any atom is -0.279 e. The molecule has 0 radical (unpaired) electrons. The molecule has 1 atom stereocenters. The van der Waals surface area contributed by atoms with Gasteiger partial charge in [-0.05, 0) is 43.0 Å². The van der Waals surface area contributed by atoms with Crippen LogP contribution < -0.4 is 4.72 Å². The lowest BCUT2D eigenvalue weighted by Gasteiger charge is -2.11. The second-order valence-electron chi connectivity index (χ2n) is 5.74. The largest absolute Gasteiger partial charge is 0.279 e. The van der Waals surface area contributed by atoms with E-state index in [1.807, 2.05) is 0 Å². The number of nitrogens with one attached hydrogen (secondary N) is 1. The summed E-state index contributed by atoms with van der Waals surface area (Å²) in [7, 11) is -3.79. The van der Waals surface area contributed by atoms with E-state index in [2.05, 4.69) is 18.6 Å². The van der Waals surface area contributed by atoms with Gasteiger partial charge in [0.05, 0.1) is 15.5 Å². The summed E-state index contributed by atoms with van der Waals surface area (Å²) >= 11 is 0. The smallest absolute Gasteiger partial charge is 0.274 e. The third-order valence-electron chi connectivity index (χ3n) is 4.03. The van der Waals surface area contributed by atoms with Crippen molar-refractivity contribution in [3.63, 3.8) is 0 Å². The monoisotopic (exact) mass is 348 g/mol. The molecule has 6 nitrogen and oxygen atoms in total. The first-order chi connectivity index (χ1) is 11.2. The molecule has 0 aromatic heterocycles. The quantitative estimate of drug-likeness (QED) is 0.625. The Morgan fingerprint density at radius 3 is 2.33 bits per heavy atom. The summed E-state index contributed by atoms with van der Waals surface area (Å²) in [6, 6.07) is 10.9. The average Bonchev–Trinajstić information content (AvgIpc) is 2.55. The predicted molar refractivity (Wildman–Crippen MR) is 93.8 cm³/mol. The summed E-state index contributed by atoms with van der Waals surface area (Å²) in [5, 5.41) is 11.0. The summed E-state index contributed by atoms with van der Waals surface area (Å²) in [6.45, 7) is 5.75. The number of benzene rings is 2. The SMILES string of the molecule is CCC(C)c1ccc(S(=O)(=O)Nc2ccc(C)c([N+](=O)[O-])c2)cc1. The summed E-state index contributed by atoms with van der Waals surface area (Å²) in [6.07, 6.45) is 0.970. The third-order valence-corrected chi connectivity index (χ3v) is 5.43. The maximum atomic E-state index is 12.4. The number of rotatable bonds is 6. The molecule has 2 aromatic rings. The Balaban J connectivity index is 2.28. The summed E-state index contributed by atoms with van der Waals surface area (Å²) < 4.78 is 27.3. The molecule has 0 saturated heterocycles. The van der Waals surface area contributed by atoms with E-state index in [1.165, 1.54) is 18.2 Å². The van der Waals surface area contributed by atoms with Gasteiger partial charge in [0.15, 0.2) is 0 Å². The number of anilines is 1. The van der Waals surface area contributed by atoms with Gasteiger partial charge in [-0.1, -0.05) is 32.0 Å². The lowest BCUT2D eigenvalue weighted by atomic mass is 9.99. The Morgan fingerprint density at radius 1 is 1.17 bits per heavy atom. The Hall–Kier alpha value is -2.41. The van der Waals surface area contributed by atoms with Crippen LogP contribution in [0.5, 0.6) is 0 Å². The van der Waals surface area contributed by atoms with E-state index in [0.717, 1.165) is 12.0 Å². The van der Waals surface area contributed by atoms with Crippen LogP contribution in [0.4, 0.5) is 11.4 Å². The van der Waals surface area contributed by atoms with Crippen molar-refractivity contribution in [1.29, 1.82) is 0 Å². The van der Waals surface area contributed by atoms with Crippen molar-refractivity contribution in [2.24, 2.45) is 0 Å². The molecule has 0 aliphatic heterocycles. The zero-order chi connectivity index (χ0) is 17.9. The predicted octanol–water partition coefficient (Wildman–Crippen LogP) is 4.22. The van der Waals surface area contributed by atoms with E-state index in [9.17, 15) is 18.5 Å². The zero-order valence-corrected chi connectivity index (χ0v) is 14.6. The van der Waals surface area contributed by atoms with Crippen molar-refractivity contribution < 1.29 is 13.3 Å². The standard InChI is InChI=1S/C17H20N2O4S/c1-4-12(2)14-6-9-16(10-7-14)24(22,23)18-15-8-5-13(3)17(11-15)19(20)21/h5-12,18H,4H2,1-3H3. The van der Waals surface area contributed by atoms with Crippen LogP contribution in [0.25, 0.3) is 0 Å². The molecule has 0 amide bonds. The number of sulfonamides is 1. The molecule has 0 saturated carbocycles.